The summed E-state index contributed by atoms with van der Waals surface area (Å²) in [6, 6.07) is 7.78. The van der Waals surface area contributed by atoms with Crippen LogP contribution >= 0.6 is 0 Å². The number of amides is 1. The van der Waals surface area contributed by atoms with Gasteiger partial charge in [-0.3, -0.25) is 4.79 Å². The van der Waals surface area contributed by atoms with Crippen LogP contribution in [0.5, 0.6) is 5.75 Å². The van der Waals surface area contributed by atoms with E-state index in [1.807, 2.05) is 38.1 Å². The molecule has 0 saturated heterocycles. The SMILES string of the molecule is Cc1ccccc1OC(C)C(=O)NCC1CCCCC1. The highest BCUT2D eigenvalue weighted by Gasteiger charge is 2.18. The van der Waals surface area contributed by atoms with Crippen LogP contribution in [-0.2, 0) is 4.79 Å². The number of aryl methyl sites for hydroxylation is 1. The Morgan fingerprint density at radius 2 is 2.00 bits per heavy atom. The van der Waals surface area contributed by atoms with Gasteiger partial charge in [0.2, 0.25) is 0 Å². The van der Waals surface area contributed by atoms with Crippen LogP contribution in [0.1, 0.15) is 44.6 Å². The molecular weight excluding hydrogens is 250 g/mol. The quantitative estimate of drug-likeness (QED) is 0.893. The van der Waals surface area contributed by atoms with Gasteiger partial charge in [0.15, 0.2) is 6.10 Å². The van der Waals surface area contributed by atoms with Gasteiger partial charge < -0.3 is 10.1 Å². The molecule has 0 heterocycles. The summed E-state index contributed by atoms with van der Waals surface area (Å²) in [5, 5.41) is 3.03. The third-order valence-electron chi connectivity index (χ3n) is 4.06. The van der Waals surface area contributed by atoms with Crippen molar-refractivity contribution in [2.45, 2.75) is 52.1 Å². The molecule has 0 spiro atoms. The lowest BCUT2D eigenvalue weighted by Gasteiger charge is -2.23. The van der Waals surface area contributed by atoms with Crippen molar-refractivity contribution in [1.29, 1.82) is 0 Å². The highest BCUT2D eigenvalue weighted by Crippen LogP contribution is 2.23. The van der Waals surface area contributed by atoms with Crippen molar-refractivity contribution >= 4 is 5.91 Å². The van der Waals surface area contributed by atoms with Crippen LogP contribution in [-0.4, -0.2) is 18.6 Å². The van der Waals surface area contributed by atoms with E-state index < -0.39 is 6.10 Å². The van der Waals surface area contributed by atoms with Gasteiger partial charge in [-0.1, -0.05) is 37.5 Å². The Kier molecular flexibility index (Phi) is 5.45. The molecular formula is C17H25NO2. The number of para-hydroxylation sites is 1. The number of carbonyl (C=O) groups excluding carboxylic acids is 1. The topological polar surface area (TPSA) is 38.3 Å². The zero-order chi connectivity index (χ0) is 14.4. The Bertz CT molecular complexity index is 438. The Morgan fingerprint density at radius 3 is 2.70 bits per heavy atom. The minimum absolute atomic E-state index is 0.0150. The number of rotatable bonds is 5. The van der Waals surface area contributed by atoms with Crippen molar-refractivity contribution in [3.05, 3.63) is 29.8 Å². The summed E-state index contributed by atoms with van der Waals surface area (Å²) in [5.74, 6) is 1.42. The molecule has 3 nitrogen and oxygen atoms in total. The van der Waals surface area contributed by atoms with Gasteiger partial charge in [0.1, 0.15) is 5.75 Å². The molecule has 110 valence electrons. The molecule has 1 aliphatic rings. The van der Waals surface area contributed by atoms with E-state index in [-0.39, 0.29) is 5.91 Å². The fourth-order valence-electron chi connectivity index (χ4n) is 2.71. The molecule has 1 unspecified atom stereocenters. The number of ether oxygens (including phenoxy) is 1. The predicted octanol–water partition coefficient (Wildman–Crippen LogP) is 3.46. The van der Waals surface area contributed by atoms with Gasteiger partial charge in [0.05, 0.1) is 0 Å². The van der Waals surface area contributed by atoms with E-state index in [1.165, 1.54) is 32.1 Å². The van der Waals surface area contributed by atoms with Crippen molar-refractivity contribution in [3.8, 4) is 5.75 Å². The van der Waals surface area contributed by atoms with E-state index in [0.29, 0.717) is 5.92 Å². The summed E-state index contributed by atoms with van der Waals surface area (Å²) in [7, 11) is 0. The second kappa shape index (κ2) is 7.32. The maximum atomic E-state index is 12.1. The molecule has 3 heteroatoms. The Hall–Kier alpha value is -1.51. The summed E-state index contributed by atoms with van der Waals surface area (Å²) in [4.78, 5) is 12.1. The molecule has 20 heavy (non-hydrogen) atoms. The molecule has 1 fully saturated rings. The molecule has 0 radical (unpaired) electrons. The van der Waals surface area contributed by atoms with E-state index in [0.717, 1.165) is 17.9 Å². The summed E-state index contributed by atoms with van der Waals surface area (Å²) in [6.45, 7) is 4.59. The van der Waals surface area contributed by atoms with Crippen LogP contribution in [0, 0.1) is 12.8 Å². The lowest BCUT2D eigenvalue weighted by Crippen LogP contribution is -2.39. The Labute approximate surface area is 121 Å². The number of benzene rings is 1. The monoisotopic (exact) mass is 275 g/mol. The maximum Gasteiger partial charge on any atom is 0.260 e. The predicted molar refractivity (Wildman–Crippen MR) is 80.9 cm³/mol. The highest BCUT2D eigenvalue weighted by atomic mass is 16.5. The number of hydrogen-bond acceptors (Lipinski definition) is 2. The third kappa shape index (κ3) is 4.26. The first-order valence-electron chi connectivity index (χ1n) is 7.67. The van der Waals surface area contributed by atoms with E-state index >= 15 is 0 Å². The number of carbonyl (C=O) groups is 1. The standard InChI is InChI=1S/C17H25NO2/c1-13-8-6-7-11-16(13)20-14(2)17(19)18-12-15-9-4-3-5-10-15/h6-8,11,14-15H,3-5,9-10,12H2,1-2H3,(H,18,19). The largest absolute Gasteiger partial charge is 0.481 e. The minimum atomic E-state index is -0.445. The lowest BCUT2D eigenvalue weighted by atomic mass is 9.89. The van der Waals surface area contributed by atoms with Crippen LogP contribution in [0.15, 0.2) is 24.3 Å². The van der Waals surface area contributed by atoms with E-state index in [9.17, 15) is 4.79 Å². The molecule has 0 aromatic heterocycles. The second-order valence-corrected chi connectivity index (χ2v) is 5.77. The molecule has 1 aliphatic carbocycles. The van der Waals surface area contributed by atoms with Crippen LogP contribution in [0.3, 0.4) is 0 Å². The van der Waals surface area contributed by atoms with Gasteiger partial charge >= 0.3 is 0 Å². The lowest BCUT2D eigenvalue weighted by molar-refractivity contribution is -0.127. The summed E-state index contributed by atoms with van der Waals surface area (Å²) in [6.07, 6.45) is 5.99. The fourth-order valence-corrected chi connectivity index (χ4v) is 2.71. The zero-order valence-corrected chi connectivity index (χ0v) is 12.5. The molecule has 0 aliphatic heterocycles. The highest BCUT2D eigenvalue weighted by molar-refractivity contribution is 5.80. The Morgan fingerprint density at radius 1 is 1.30 bits per heavy atom. The van der Waals surface area contributed by atoms with Crippen molar-refractivity contribution in [2.24, 2.45) is 5.92 Å². The van der Waals surface area contributed by atoms with Crippen molar-refractivity contribution < 1.29 is 9.53 Å². The second-order valence-electron chi connectivity index (χ2n) is 5.77. The van der Waals surface area contributed by atoms with Crippen molar-refractivity contribution in [1.82, 2.24) is 5.32 Å². The molecule has 1 aromatic carbocycles. The zero-order valence-electron chi connectivity index (χ0n) is 12.5. The molecule has 1 aromatic rings. The van der Waals surface area contributed by atoms with E-state index in [1.54, 1.807) is 0 Å². The van der Waals surface area contributed by atoms with Gasteiger partial charge in [0, 0.05) is 6.54 Å². The third-order valence-corrected chi connectivity index (χ3v) is 4.06. The fraction of sp³-hybridized carbons (Fsp3) is 0.588. The first kappa shape index (κ1) is 14.9. The molecule has 0 bridgehead atoms. The smallest absolute Gasteiger partial charge is 0.260 e. The summed E-state index contributed by atoms with van der Waals surface area (Å²) >= 11 is 0. The normalized spacial score (nSPS) is 17.5. The average molecular weight is 275 g/mol. The van der Waals surface area contributed by atoms with Gasteiger partial charge in [-0.05, 0) is 44.2 Å². The van der Waals surface area contributed by atoms with Crippen molar-refractivity contribution in [3.63, 3.8) is 0 Å². The first-order chi connectivity index (χ1) is 9.66. The Balaban J connectivity index is 1.78. The van der Waals surface area contributed by atoms with Crippen LogP contribution < -0.4 is 10.1 Å². The van der Waals surface area contributed by atoms with E-state index in [2.05, 4.69) is 5.32 Å². The molecule has 1 N–H and O–H groups in total. The molecule has 1 atom stereocenters. The molecule has 1 saturated carbocycles. The van der Waals surface area contributed by atoms with Gasteiger partial charge in [-0.25, -0.2) is 0 Å². The molecule has 1 amide bonds. The van der Waals surface area contributed by atoms with Crippen LogP contribution in [0.25, 0.3) is 0 Å². The number of hydrogen-bond donors (Lipinski definition) is 1. The van der Waals surface area contributed by atoms with Crippen LogP contribution in [0.4, 0.5) is 0 Å². The summed E-state index contributed by atoms with van der Waals surface area (Å²) < 4.78 is 5.73. The van der Waals surface area contributed by atoms with Crippen LogP contribution in [0.2, 0.25) is 0 Å². The van der Waals surface area contributed by atoms with Crippen molar-refractivity contribution in [2.75, 3.05) is 6.54 Å². The average Bonchev–Trinajstić information content (AvgIpc) is 2.48. The van der Waals surface area contributed by atoms with Gasteiger partial charge in [-0.2, -0.15) is 0 Å². The maximum absolute atomic E-state index is 12.1. The van der Waals surface area contributed by atoms with E-state index in [4.69, 9.17) is 4.74 Å². The summed E-state index contributed by atoms with van der Waals surface area (Å²) in [5.41, 5.74) is 1.06. The minimum Gasteiger partial charge on any atom is -0.481 e. The van der Waals surface area contributed by atoms with Gasteiger partial charge in [-0.15, -0.1) is 0 Å². The first-order valence-corrected chi connectivity index (χ1v) is 7.67. The number of nitrogens with one attached hydrogen (secondary N) is 1. The molecule has 2 rings (SSSR count). The van der Waals surface area contributed by atoms with Gasteiger partial charge in [0.25, 0.3) is 5.91 Å².